The Morgan fingerprint density at radius 2 is 1.97 bits per heavy atom. The van der Waals surface area contributed by atoms with Crippen molar-refractivity contribution >= 4 is 28.6 Å². The molecule has 1 aromatic carbocycles. The quantitative estimate of drug-likeness (QED) is 0.593. The van der Waals surface area contributed by atoms with Crippen LogP contribution in [-0.2, 0) is 18.4 Å². The van der Waals surface area contributed by atoms with Crippen molar-refractivity contribution in [3.8, 4) is 11.5 Å². The number of ketones is 1. The van der Waals surface area contributed by atoms with E-state index in [-0.39, 0.29) is 46.3 Å². The molecule has 2 N–H and O–H groups in total. The molecule has 0 aliphatic carbocycles. The molecule has 1 aromatic heterocycles. The van der Waals surface area contributed by atoms with E-state index in [1.54, 1.807) is 17.0 Å². The Morgan fingerprint density at radius 1 is 1.27 bits per heavy atom. The minimum absolute atomic E-state index is 0. The van der Waals surface area contributed by atoms with Crippen LogP contribution < -0.4 is 4.74 Å². The van der Waals surface area contributed by atoms with Gasteiger partial charge in [-0.3, -0.25) is 10.2 Å². The largest absolute Gasteiger partial charge is 0.504 e. The summed E-state index contributed by atoms with van der Waals surface area (Å²) in [6.45, 7) is 10.8. The smallest absolute Gasteiger partial charge is 0.182 e. The summed E-state index contributed by atoms with van der Waals surface area (Å²) < 4.78 is 5.56. The summed E-state index contributed by atoms with van der Waals surface area (Å²) in [5.74, 6) is 0.555. The predicted molar refractivity (Wildman–Crippen MR) is 123 cm³/mol. The number of carbonyl (C=O) groups is 1. The number of aryl methyl sites for hydroxylation is 1. The highest BCUT2D eigenvalue weighted by molar-refractivity contribution is 8.93. The molecule has 2 heterocycles. The maximum absolute atomic E-state index is 13.1. The van der Waals surface area contributed by atoms with Gasteiger partial charge in [0.05, 0.1) is 13.2 Å². The molecule has 1 aliphatic heterocycles. The molecule has 0 fully saturated rings. The summed E-state index contributed by atoms with van der Waals surface area (Å²) in [6.07, 6.45) is 0.808. The monoisotopic (exact) mass is 475 g/mol. The molecule has 162 valence electrons. The first-order valence-corrected chi connectivity index (χ1v) is 10.0. The Hall–Kier alpha value is -2.41. The number of halogens is 1. The van der Waals surface area contributed by atoms with E-state index < -0.39 is 0 Å². The molecule has 0 unspecified atom stereocenters. The highest BCUT2D eigenvalue weighted by Gasteiger charge is 2.29. The number of fused-ring (bicyclic) bond motifs is 1. The van der Waals surface area contributed by atoms with Crippen molar-refractivity contribution in [1.82, 2.24) is 9.88 Å². The fraction of sp³-hybridized carbons (Fsp3) is 0.435. The maximum atomic E-state index is 13.1. The number of aromatic nitrogens is 1. The minimum atomic E-state index is -0.344. The molecule has 0 saturated carbocycles. The lowest BCUT2D eigenvalue weighted by Gasteiger charge is -2.23. The molecule has 0 radical (unpaired) electrons. The van der Waals surface area contributed by atoms with Gasteiger partial charge < -0.3 is 14.7 Å². The molecule has 3 rings (SSSR count). The third-order valence-corrected chi connectivity index (χ3v) is 5.14. The van der Waals surface area contributed by atoms with Gasteiger partial charge in [0.15, 0.2) is 17.3 Å². The third-order valence-electron chi connectivity index (χ3n) is 5.14. The van der Waals surface area contributed by atoms with Crippen LogP contribution in [0, 0.1) is 5.41 Å². The Bertz CT molecular complexity index is 967. The summed E-state index contributed by atoms with van der Waals surface area (Å²) in [4.78, 5) is 19.4. The Balaban J connectivity index is 0.00000320. The van der Waals surface area contributed by atoms with Gasteiger partial charge in [0.25, 0.3) is 0 Å². The van der Waals surface area contributed by atoms with E-state index in [0.717, 1.165) is 17.7 Å². The van der Waals surface area contributed by atoms with Crippen molar-refractivity contribution in [3.05, 3.63) is 52.3 Å². The molecular weight excluding hydrogens is 446 g/mol. The highest BCUT2D eigenvalue weighted by Crippen LogP contribution is 2.39. The Labute approximate surface area is 188 Å². The first kappa shape index (κ1) is 23.9. The normalized spacial score (nSPS) is 13.1. The summed E-state index contributed by atoms with van der Waals surface area (Å²) in [6, 6.07) is 7.30. The fourth-order valence-corrected chi connectivity index (χ4v) is 3.50. The van der Waals surface area contributed by atoms with E-state index in [9.17, 15) is 9.90 Å². The van der Waals surface area contributed by atoms with Crippen LogP contribution in [0.15, 0.2) is 24.3 Å². The van der Waals surface area contributed by atoms with E-state index in [4.69, 9.17) is 10.1 Å². The zero-order valence-corrected chi connectivity index (χ0v) is 19.9. The van der Waals surface area contributed by atoms with Crippen LogP contribution in [-0.4, -0.2) is 39.8 Å². The van der Waals surface area contributed by atoms with Gasteiger partial charge in [-0.2, -0.15) is 0 Å². The number of phenolic OH excluding ortho intramolecular Hbond substituents is 1. The number of nitrogens with zero attached hydrogens (tertiary/aromatic N) is 2. The van der Waals surface area contributed by atoms with Crippen molar-refractivity contribution in [3.63, 3.8) is 0 Å². The lowest BCUT2D eigenvalue weighted by molar-refractivity contribution is 0.0962. The zero-order valence-electron chi connectivity index (χ0n) is 18.2. The maximum Gasteiger partial charge on any atom is 0.182 e. The Kier molecular flexibility index (Phi) is 7.29. The number of Topliss-reactive ketones (excluding diaryl/α,β-unsaturated/α-hetero) is 1. The van der Waals surface area contributed by atoms with Crippen molar-refractivity contribution in [2.45, 2.75) is 53.0 Å². The number of carbonyl (C=O) groups excluding carboxylic acids is 1. The molecule has 0 bridgehead atoms. The molecule has 0 amide bonds. The second-order valence-electron chi connectivity index (χ2n) is 8.35. The number of phenols is 1. The summed E-state index contributed by atoms with van der Waals surface area (Å²) >= 11 is 0. The summed E-state index contributed by atoms with van der Waals surface area (Å²) in [5.41, 5.74) is 3.37. The standard InChI is InChI=1S/C23H29N3O3.BrH/c1-6-16-9-8-14-12-26(22(24)20(14)25-16)13-18(27)15-10-17(23(3,4)5)21(28)19(11-15)29-7-2;/h8-11,24,28H,6-7,12-13H2,1-5H3;1H. The van der Waals surface area contributed by atoms with Gasteiger partial charge in [-0.25, -0.2) is 4.98 Å². The molecule has 2 aromatic rings. The van der Waals surface area contributed by atoms with Gasteiger partial charge >= 0.3 is 0 Å². The van der Waals surface area contributed by atoms with Crippen LogP contribution in [0.4, 0.5) is 0 Å². The number of pyridine rings is 1. The molecule has 30 heavy (non-hydrogen) atoms. The Morgan fingerprint density at radius 3 is 2.57 bits per heavy atom. The highest BCUT2D eigenvalue weighted by atomic mass is 79.9. The lowest BCUT2D eigenvalue weighted by Crippen LogP contribution is -2.30. The number of hydrogen-bond acceptors (Lipinski definition) is 5. The number of benzene rings is 1. The van der Waals surface area contributed by atoms with Crippen LogP contribution in [0.5, 0.6) is 11.5 Å². The number of ether oxygens (including phenoxy) is 1. The molecule has 0 atom stereocenters. The van der Waals surface area contributed by atoms with Crippen molar-refractivity contribution in [1.29, 1.82) is 5.41 Å². The lowest BCUT2D eigenvalue weighted by atomic mass is 9.84. The van der Waals surface area contributed by atoms with Gasteiger partial charge in [-0.15, -0.1) is 17.0 Å². The van der Waals surface area contributed by atoms with Gasteiger partial charge in [0, 0.05) is 28.9 Å². The molecular formula is C23H30BrN3O3. The van der Waals surface area contributed by atoms with Crippen molar-refractivity contribution < 1.29 is 14.6 Å². The van der Waals surface area contributed by atoms with Crippen LogP contribution in [0.25, 0.3) is 0 Å². The second kappa shape index (κ2) is 9.16. The first-order chi connectivity index (χ1) is 13.7. The van der Waals surface area contributed by atoms with Crippen LogP contribution in [0.2, 0.25) is 0 Å². The first-order valence-electron chi connectivity index (χ1n) is 10.0. The summed E-state index contributed by atoms with van der Waals surface area (Å²) in [7, 11) is 0. The van der Waals surface area contributed by atoms with E-state index in [0.29, 0.717) is 35.7 Å². The molecule has 6 nitrogen and oxygen atoms in total. The van der Waals surface area contributed by atoms with Crippen molar-refractivity contribution in [2.24, 2.45) is 0 Å². The average molecular weight is 476 g/mol. The van der Waals surface area contributed by atoms with E-state index in [1.807, 2.05) is 46.8 Å². The van der Waals surface area contributed by atoms with Crippen LogP contribution in [0.1, 0.15) is 67.5 Å². The fourth-order valence-electron chi connectivity index (χ4n) is 3.50. The number of amidine groups is 1. The number of hydrogen-bond donors (Lipinski definition) is 2. The SMILES string of the molecule is Br.CCOc1cc(C(=O)CN2Cc3ccc(CC)nc3C2=N)cc(C(C)(C)C)c1O. The molecule has 7 heteroatoms. The van der Waals surface area contributed by atoms with Gasteiger partial charge in [-0.05, 0) is 37.0 Å². The molecule has 1 aliphatic rings. The second-order valence-corrected chi connectivity index (χ2v) is 8.35. The number of aromatic hydroxyl groups is 1. The molecule has 0 saturated heterocycles. The number of rotatable bonds is 6. The average Bonchev–Trinajstić information content (AvgIpc) is 2.97. The van der Waals surface area contributed by atoms with Crippen molar-refractivity contribution in [2.75, 3.05) is 13.2 Å². The van der Waals surface area contributed by atoms with Gasteiger partial charge in [-0.1, -0.05) is 33.8 Å². The zero-order chi connectivity index (χ0) is 21.3. The topological polar surface area (TPSA) is 86.5 Å². The molecule has 0 spiro atoms. The third kappa shape index (κ3) is 4.67. The number of nitrogens with one attached hydrogen (secondary N) is 1. The van der Waals surface area contributed by atoms with Gasteiger partial charge in [0.2, 0.25) is 0 Å². The van der Waals surface area contributed by atoms with E-state index in [1.165, 1.54) is 0 Å². The minimum Gasteiger partial charge on any atom is -0.504 e. The summed E-state index contributed by atoms with van der Waals surface area (Å²) in [5, 5.41) is 19.0. The predicted octanol–water partition coefficient (Wildman–Crippen LogP) is 4.65. The van der Waals surface area contributed by atoms with Crippen LogP contribution in [0.3, 0.4) is 0 Å². The van der Waals surface area contributed by atoms with Gasteiger partial charge in [0.1, 0.15) is 11.5 Å². The van der Waals surface area contributed by atoms with E-state index >= 15 is 0 Å². The van der Waals surface area contributed by atoms with E-state index in [2.05, 4.69) is 4.98 Å². The van der Waals surface area contributed by atoms with Crippen LogP contribution >= 0.6 is 17.0 Å².